The van der Waals surface area contributed by atoms with E-state index in [0.717, 1.165) is 48.4 Å². The van der Waals surface area contributed by atoms with Crippen LogP contribution in [0, 0.1) is 11.8 Å². The molecule has 2 N–H and O–H groups in total. The van der Waals surface area contributed by atoms with E-state index in [1.165, 1.54) is 22.5 Å². The van der Waals surface area contributed by atoms with Crippen molar-refractivity contribution >= 4 is 34.6 Å². The van der Waals surface area contributed by atoms with E-state index in [-0.39, 0.29) is 47.7 Å². The molecule has 3 heterocycles. The molecule has 8 heteroatoms. The maximum Gasteiger partial charge on any atom is 0.348 e. The molecule has 55 heavy (non-hydrogen) atoms. The van der Waals surface area contributed by atoms with Gasteiger partial charge < -0.3 is 20.1 Å². The van der Waals surface area contributed by atoms with E-state index in [1.807, 2.05) is 60.7 Å². The zero-order valence-electron chi connectivity index (χ0n) is 30.6. The smallest absolute Gasteiger partial charge is 0.348 e. The maximum atomic E-state index is 13.3. The number of nitrogens with one attached hydrogen (secondary N) is 2. The van der Waals surface area contributed by atoms with Gasteiger partial charge in [0.2, 0.25) is 0 Å². The number of hydrogen-bond donors (Lipinski definition) is 2. The fourth-order valence-electron chi connectivity index (χ4n) is 8.02. The first-order chi connectivity index (χ1) is 27.0. The molecule has 4 aromatic carbocycles. The van der Waals surface area contributed by atoms with Gasteiger partial charge in [0.15, 0.2) is 5.78 Å². The minimum atomic E-state index is -0.372. The van der Waals surface area contributed by atoms with Gasteiger partial charge in [-0.3, -0.25) is 4.79 Å². The molecular weight excluding hydrogens is 705 g/mol. The van der Waals surface area contributed by atoms with Crippen LogP contribution in [0.25, 0.3) is 16.0 Å². The molecule has 1 aliphatic carbocycles. The number of benzene rings is 4. The van der Waals surface area contributed by atoms with Crippen molar-refractivity contribution in [2.75, 3.05) is 26.2 Å². The van der Waals surface area contributed by atoms with Crippen molar-refractivity contribution in [2.45, 2.75) is 37.4 Å². The lowest BCUT2D eigenvalue weighted by Crippen LogP contribution is -2.45. The predicted octanol–water partition coefficient (Wildman–Crippen LogP) is 8.74. The standard InChI is InChI=1S/C47H44N2O5S/c50-45(36-9-5-2-6-10-36)37-19-21-38(22-20-37)46(51)53-41-29-48-27-25-39(41)33-15-11-31(12-16-33)32-13-17-34(18-14-32)40-26-28-49-30-42(40)54-47(52)44-24-23-43(55-44)35-7-3-1-4-8-35/h1-15,17-24,33,39-42,48-49H,16,25-30H2/t33-,39?,40+,41+,42-/m0/s1. The van der Waals surface area contributed by atoms with E-state index < -0.39 is 0 Å². The Balaban J connectivity index is 0.872. The topological polar surface area (TPSA) is 93.7 Å². The summed E-state index contributed by atoms with van der Waals surface area (Å²) in [5.41, 5.74) is 6.18. The molecule has 1 aromatic heterocycles. The lowest BCUT2D eigenvalue weighted by atomic mass is 9.78. The molecule has 0 radical (unpaired) electrons. The molecule has 1 unspecified atom stereocenters. The van der Waals surface area contributed by atoms with Crippen LogP contribution in [-0.4, -0.2) is 56.1 Å². The van der Waals surface area contributed by atoms with Crippen LogP contribution in [0.4, 0.5) is 0 Å². The second-order valence-corrected chi connectivity index (χ2v) is 15.6. The third-order valence-corrected chi connectivity index (χ3v) is 12.2. The monoisotopic (exact) mass is 748 g/mol. The van der Waals surface area contributed by atoms with Crippen LogP contribution < -0.4 is 10.6 Å². The molecule has 0 amide bonds. The molecular formula is C47H44N2O5S. The van der Waals surface area contributed by atoms with Crippen molar-refractivity contribution < 1.29 is 23.9 Å². The summed E-state index contributed by atoms with van der Waals surface area (Å²) in [4.78, 5) is 41.0. The number of carbonyl (C=O) groups excluding carboxylic acids is 3. The Bertz CT molecular complexity index is 2180. The van der Waals surface area contributed by atoms with Crippen LogP contribution in [0.5, 0.6) is 0 Å². The van der Waals surface area contributed by atoms with Gasteiger partial charge in [-0.05, 0) is 84.8 Å². The number of ether oxygens (including phenoxy) is 2. The molecule has 0 saturated carbocycles. The Labute approximate surface area is 326 Å². The van der Waals surface area contributed by atoms with Crippen molar-refractivity contribution in [3.05, 3.63) is 172 Å². The Kier molecular flexibility index (Phi) is 11.3. The van der Waals surface area contributed by atoms with Crippen molar-refractivity contribution in [3.8, 4) is 10.4 Å². The first-order valence-electron chi connectivity index (χ1n) is 19.2. The number of rotatable bonds is 10. The van der Waals surface area contributed by atoms with Gasteiger partial charge in [0.25, 0.3) is 0 Å². The third kappa shape index (κ3) is 8.47. The fraction of sp³-hybridized carbons (Fsp3) is 0.255. The first kappa shape index (κ1) is 36.6. The molecule has 2 fully saturated rings. The summed E-state index contributed by atoms with van der Waals surface area (Å²) >= 11 is 1.47. The van der Waals surface area contributed by atoms with Crippen molar-refractivity contribution in [1.29, 1.82) is 0 Å². The van der Waals surface area contributed by atoms with Crippen LogP contribution in [0.1, 0.15) is 72.3 Å². The van der Waals surface area contributed by atoms with Crippen molar-refractivity contribution in [2.24, 2.45) is 11.8 Å². The molecule has 0 bridgehead atoms. The predicted molar refractivity (Wildman–Crippen MR) is 217 cm³/mol. The van der Waals surface area contributed by atoms with Crippen LogP contribution in [0.2, 0.25) is 0 Å². The molecule has 2 aliphatic heterocycles. The molecule has 3 aliphatic rings. The fourth-order valence-corrected chi connectivity index (χ4v) is 8.91. The zero-order chi connectivity index (χ0) is 37.6. The van der Waals surface area contributed by atoms with E-state index >= 15 is 0 Å². The van der Waals surface area contributed by atoms with Gasteiger partial charge in [-0.25, -0.2) is 9.59 Å². The molecule has 5 atom stereocenters. The van der Waals surface area contributed by atoms with E-state index in [0.29, 0.717) is 34.7 Å². The highest BCUT2D eigenvalue weighted by Crippen LogP contribution is 2.36. The Morgan fingerprint density at radius 2 is 1.27 bits per heavy atom. The largest absolute Gasteiger partial charge is 0.457 e. The normalized spacial score (nSPS) is 22.3. The summed E-state index contributed by atoms with van der Waals surface area (Å²) in [7, 11) is 0. The lowest BCUT2D eigenvalue weighted by molar-refractivity contribution is -0.00151. The quantitative estimate of drug-likeness (QED) is 0.109. The molecule has 2 saturated heterocycles. The molecule has 0 spiro atoms. The average molecular weight is 749 g/mol. The molecule has 7 nitrogen and oxygen atoms in total. The van der Waals surface area contributed by atoms with Gasteiger partial charge in [-0.1, -0.05) is 115 Å². The Hall–Kier alpha value is -5.41. The third-order valence-electron chi connectivity index (χ3n) is 11.1. The number of piperidine rings is 2. The van der Waals surface area contributed by atoms with Gasteiger partial charge in [0, 0.05) is 40.9 Å². The van der Waals surface area contributed by atoms with E-state index in [2.05, 4.69) is 53.1 Å². The van der Waals surface area contributed by atoms with E-state index in [1.54, 1.807) is 36.4 Å². The maximum absolute atomic E-state index is 13.3. The molecule has 8 rings (SSSR count). The minimum Gasteiger partial charge on any atom is -0.457 e. The van der Waals surface area contributed by atoms with E-state index in [9.17, 15) is 14.4 Å². The average Bonchev–Trinajstić information content (AvgIpc) is 3.76. The number of esters is 2. The Morgan fingerprint density at radius 1 is 0.618 bits per heavy atom. The summed E-state index contributed by atoms with van der Waals surface area (Å²) in [6.07, 6.45) is 8.94. The number of hydrogen-bond acceptors (Lipinski definition) is 8. The SMILES string of the molecule is O=C(O[C@@H]1CNCCC1[C@H]1C=CC(c2ccc([C@H]3CCNC[C@@H]3OC(=O)c3ccc(-c4ccccc4)s3)cc2)=CC1)c1ccc(C(=O)c2ccccc2)cc1. The highest BCUT2D eigenvalue weighted by Gasteiger charge is 2.34. The summed E-state index contributed by atoms with van der Waals surface area (Å²) in [5, 5.41) is 6.82. The number of allylic oxidation sites excluding steroid dienone is 4. The van der Waals surface area contributed by atoms with Gasteiger partial charge in [0.05, 0.1) is 5.56 Å². The molecule has 278 valence electrons. The number of ketones is 1. The van der Waals surface area contributed by atoms with Crippen molar-refractivity contribution in [1.82, 2.24) is 10.6 Å². The second kappa shape index (κ2) is 16.9. The summed E-state index contributed by atoms with van der Waals surface area (Å²) in [6, 6.07) is 38.5. The zero-order valence-corrected chi connectivity index (χ0v) is 31.4. The number of thiophene rings is 1. The van der Waals surface area contributed by atoms with Gasteiger partial charge in [0.1, 0.15) is 17.1 Å². The number of carbonyl (C=O) groups is 3. The molecule has 5 aromatic rings. The van der Waals surface area contributed by atoms with Crippen LogP contribution in [-0.2, 0) is 9.47 Å². The summed E-state index contributed by atoms with van der Waals surface area (Å²) in [5.74, 6) is -0.160. The second-order valence-electron chi connectivity index (χ2n) is 14.5. The summed E-state index contributed by atoms with van der Waals surface area (Å²) in [6.45, 7) is 2.99. The van der Waals surface area contributed by atoms with Gasteiger partial charge in [-0.15, -0.1) is 11.3 Å². The minimum absolute atomic E-state index is 0.0780. The summed E-state index contributed by atoms with van der Waals surface area (Å²) < 4.78 is 12.2. The van der Waals surface area contributed by atoms with E-state index in [4.69, 9.17) is 9.47 Å². The highest BCUT2D eigenvalue weighted by molar-refractivity contribution is 7.17. The van der Waals surface area contributed by atoms with Crippen molar-refractivity contribution in [3.63, 3.8) is 0 Å². The first-order valence-corrected chi connectivity index (χ1v) is 20.0. The lowest BCUT2D eigenvalue weighted by Gasteiger charge is -2.36. The van der Waals surface area contributed by atoms with Crippen LogP contribution in [0.3, 0.4) is 0 Å². The van der Waals surface area contributed by atoms with Crippen LogP contribution in [0.15, 0.2) is 140 Å². The van der Waals surface area contributed by atoms with Gasteiger partial charge in [-0.2, -0.15) is 0 Å². The Morgan fingerprint density at radius 3 is 2.00 bits per heavy atom. The van der Waals surface area contributed by atoms with Gasteiger partial charge >= 0.3 is 11.9 Å². The highest BCUT2D eigenvalue weighted by atomic mass is 32.1. The van der Waals surface area contributed by atoms with Crippen LogP contribution >= 0.6 is 11.3 Å².